The molecule has 6 heteroatoms. The van der Waals surface area contributed by atoms with E-state index in [-0.39, 0.29) is 0 Å². The van der Waals surface area contributed by atoms with Crippen molar-refractivity contribution in [1.29, 1.82) is 0 Å². The van der Waals surface area contributed by atoms with Crippen LogP contribution in [0.1, 0.15) is 5.56 Å². The van der Waals surface area contributed by atoms with Crippen molar-refractivity contribution in [3.63, 3.8) is 0 Å². The largest absolute Gasteiger partial charge is 0.346 e. The topological polar surface area (TPSA) is 18.5 Å². The minimum Gasteiger partial charge on any atom is -0.346 e. The smallest absolute Gasteiger partial charge is 0.173 e. The summed E-state index contributed by atoms with van der Waals surface area (Å²) in [5.74, 6) is 0. The lowest BCUT2D eigenvalue weighted by atomic mass is 10.2. The van der Waals surface area contributed by atoms with Crippen LogP contribution in [0.3, 0.4) is 0 Å². The van der Waals surface area contributed by atoms with Gasteiger partial charge in [-0.25, -0.2) is 0 Å². The first-order valence-corrected chi connectivity index (χ1v) is 9.05. The van der Waals surface area contributed by atoms with Crippen LogP contribution in [0.25, 0.3) is 0 Å². The van der Waals surface area contributed by atoms with Gasteiger partial charge in [-0.15, -0.1) is 0 Å². The maximum absolute atomic E-state index is 6.19. The van der Waals surface area contributed by atoms with E-state index in [4.69, 9.17) is 35.4 Å². The molecule has 2 aromatic rings. The summed E-state index contributed by atoms with van der Waals surface area (Å²) in [5, 5.41) is 5.12. The lowest BCUT2D eigenvalue weighted by Gasteiger charge is -2.36. The number of nitrogens with one attached hydrogen (secondary N) is 1. The Morgan fingerprint density at radius 3 is 2.38 bits per heavy atom. The molecule has 0 bridgehead atoms. The molecule has 126 valence electrons. The quantitative estimate of drug-likeness (QED) is 0.790. The van der Waals surface area contributed by atoms with E-state index in [2.05, 4.69) is 39.4 Å². The third-order valence-electron chi connectivity index (χ3n) is 4.08. The molecule has 0 aliphatic carbocycles. The van der Waals surface area contributed by atoms with Crippen LogP contribution in [0.2, 0.25) is 10.0 Å². The van der Waals surface area contributed by atoms with E-state index in [1.165, 1.54) is 5.56 Å². The molecule has 3 nitrogen and oxygen atoms in total. The number of anilines is 1. The van der Waals surface area contributed by atoms with Crippen molar-refractivity contribution in [2.24, 2.45) is 0 Å². The Morgan fingerprint density at radius 1 is 1.00 bits per heavy atom. The molecular weight excluding hydrogens is 361 g/mol. The van der Waals surface area contributed by atoms with Crippen molar-refractivity contribution < 1.29 is 0 Å². The Bertz CT molecular complexity index is 701. The Morgan fingerprint density at radius 2 is 1.71 bits per heavy atom. The molecule has 3 rings (SSSR count). The van der Waals surface area contributed by atoms with Crippen molar-refractivity contribution in [3.8, 4) is 0 Å². The molecule has 0 atom stereocenters. The second-order valence-corrected chi connectivity index (χ2v) is 7.03. The van der Waals surface area contributed by atoms with E-state index in [1.54, 1.807) is 12.1 Å². The number of rotatable bonds is 3. The van der Waals surface area contributed by atoms with Gasteiger partial charge in [0, 0.05) is 37.7 Å². The number of hydrogen-bond donors (Lipinski definition) is 1. The van der Waals surface area contributed by atoms with E-state index in [0.29, 0.717) is 15.2 Å². The van der Waals surface area contributed by atoms with Gasteiger partial charge < -0.3 is 10.2 Å². The standard InChI is InChI=1S/C18H19Cl2N3S/c19-15-6-7-17(16(20)12-15)21-18(24)23-10-8-22(9-11-23)13-14-4-2-1-3-5-14/h1-7,12H,8-11,13H2,(H,21,24). The van der Waals surface area contributed by atoms with E-state index in [9.17, 15) is 0 Å². The van der Waals surface area contributed by atoms with Crippen LogP contribution in [0, 0.1) is 0 Å². The zero-order chi connectivity index (χ0) is 16.9. The Kier molecular flexibility index (Phi) is 5.95. The summed E-state index contributed by atoms with van der Waals surface area (Å²) < 4.78 is 0. The van der Waals surface area contributed by atoms with Crippen LogP contribution in [0.15, 0.2) is 48.5 Å². The lowest BCUT2D eigenvalue weighted by molar-refractivity contribution is 0.177. The Balaban J connectivity index is 1.51. The molecule has 1 heterocycles. The lowest BCUT2D eigenvalue weighted by Crippen LogP contribution is -2.49. The fourth-order valence-corrected chi connectivity index (χ4v) is 3.48. The van der Waals surface area contributed by atoms with Crippen LogP contribution in [0.4, 0.5) is 5.69 Å². The van der Waals surface area contributed by atoms with Crippen LogP contribution >= 0.6 is 35.4 Å². The van der Waals surface area contributed by atoms with Gasteiger partial charge >= 0.3 is 0 Å². The average molecular weight is 380 g/mol. The molecule has 0 aromatic heterocycles. The van der Waals surface area contributed by atoms with Crippen LogP contribution in [0.5, 0.6) is 0 Å². The molecule has 1 aliphatic heterocycles. The van der Waals surface area contributed by atoms with Gasteiger partial charge in [-0.3, -0.25) is 4.90 Å². The van der Waals surface area contributed by atoms with Gasteiger partial charge in [0.1, 0.15) is 0 Å². The molecule has 1 saturated heterocycles. The summed E-state index contributed by atoms with van der Waals surface area (Å²) in [6, 6.07) is 15.9. The summed E-state index contributed by atoms with van der Waals surface area (Å²) in [4.78, 5) is 4.63. The van der Waals surface area contributed by atoms with E-state index in [0.717, 1.165) is 38.4 Å². The zero-order valence-corrected chi connectivity index (χ0v) is 15.5. The maximum atomic E-state index is 6.19. The monoisotopic (exact) mass is 379 g/mol. The van der Waals surface area contributed by atoms with Crippen molar-refractivity contribution >= 4 is 46.2 Å². The maximum Gasteiger partial charge on any atom is 0.173 e. The number of hydrogen-bond acceptors (Lipinski definition) is 2. The first kappa shape index (κ1) is 17.5. The predicted octanol–water partition coefficient (Wildman–Crippen LogP) is 4.51. The van der Waals surface area contributed by atoms with Crippen molar-refractivity contribution in [2.45, 2.75) is 6.54 Å². The average Bonchev–Trinajstić information content (AvgIpc) is 2.59. The fourth-order valence-electron chi connectivity index (χ4n) is 2.74. The number of thiocarbonyl (C=S) groups is 1. The van der Waals surface area contributed by atoms with Crippen molar-refractivity contribution in [3.05, 3.63) is 64.1 Å². The second-order valence-electron chi connectivity index (χ2n) is 5.80. The SMILES string of the molecule is S=C(Nc1ccc(Cl)cc1Cl)N1CCN(Cc2ccccc2)CC1. The third-order valence-corrected chi connectivity index (χ3v) is 4.99. The minimum atomic E-state index is 0.576. The molecule has 0 radical (unpaired) electrons. The van der Waals surface area contributed by atoms with Gasteiger partial charge in [0.25, 0.3) is 0 Å². The molecule has 1 fully saturated rings. The van der Waals surface area contributed by atoms with E-state index in [1.807, 2.05) is 12.1 Å². The number of nitrogens with zero attached hydrogens (tertiary/aromatic N) is 2. The van der Waals surface area contributed by atoms with Gasteiger partial charge in [-0.2, -0.15) is 0 Å². The first-order chi connectivity index (χ1) is 11.6. The van der Waals surface area contributed by atoms with Crippen LogP contribution < -0.4 is 5.32 Å². The Hall–Kier alpha value is -1.33. The molecule has 0 amide bonds. The highest BCUT2D eigenvalue weighted by molar-refractivity contribution is 7.80. The van der Waals surface area contributed by atoms with Gasteiger partial charge in [-0.05, 0) is 36.0 Å². The number of benzene rings is 2. The zero-order valence-electron chi connectivity index (χ0n) is 13.2. The predicted molar refractivity (Wildman–Crippen MR) is 106 cm³/mol. The van der Waals surface area contributed by atoms with Crippen molar-refractivity contribution in [2.75, 3.05) is 31.5 Å². The molecule has 0 saturated carbocycles. The molecule has 24 heavy (non-hydrogen) atoms. The number of halogens is 2. The van der Waals surface area contributed by atoms with Crippen LogP contribution in [-0.4, -0.2) is 41.1 Å². The molecule has 2 aromatic carbocycles. The molecule has 0 unspecified atom stereocenters. The first-order valence-electron chi connectivity index (χ1n) is 7.89. The fraction of sp³-hybridized carbons (Fsp3) is 0.278. The summed E-state index contributed by atoms with van der Waals surface area (Å²) in [6.07, 6.45) is 0. The second kappa shape index (κ2) is 8.17. The van der Waals surface area contributed by atoms with Crippen molar-refractivity contribution in [1.82, 2.24) is 9.80 Å². The van der Waals surface area contributed by atoms with Gasteiger partial charge in [0.05, 0.1) is 10.7 Å². The van der Waals surface area contributed by atoms with E-state index >= 15 is 0 Å². The van der Waals surface area contributed by atoms with Gasteiger partial charge in [-0.1, -0.05) is 53.5 Å². The highest BCUT2D eigenvalue weighted by Gasteiger charge is 2.19. The van der Waals surface area contributed by atoms with Crippen LogP contribution in [-0.2, 0) is 6.54 Å². The molecular formula is C18H19Cl2N3S. The minimum absolute atomic E-state index is 0.576. The highest BCUT2D eigenvalue weighted by Crippen LogP contribution is 2.25. The third kappa shape index (κ3) is 4.61. The molecule has 1 N–H and O–H groups in total. The molecule has 1 aliphatic rings. The van der Waals surface area contributed by atoms with Gasteiger partial charge in [0.2, 0.25) is 0 Å². The van der Waals surface area contributed by atoms with Gasteiger partial charge in [0.15, 0.2) is 5.11 Å². The molecule has 0 spiro atoms. The summed E-state index contributed by atoms with van der Waals surface area (Å²) in [6.45, 7) is 4.78. The normalized spacial score (nSPS) is 15.3. The number of piperazine rings is 1. The van der Waals surface area contributed by atoms with E-state index < -0.39 is 0 Å². The summed E-state index contributed by atoms with van der Waals surface area (Å²) in [7, 11) is 0. The summed E-state index contributed by atoms with van der Waals surface area (Å²) in [5.41, 5.74) is 2.14. The summed E-state index contributed by atoms with van der Waals surface area (Å²) >= 11 is 17.6. The Labute approximate surface area is 158 Å². The highest BCUT2D eigenvalue weighted by atomic mass is 35.5.